The standard InChI is InChI=1S/C19H24N4O.HI/c1-15-7-6-10-17(11-15)13-22-19(20-2)23-14-18(24)21-12-16-8-4-3-5-9-16;/h3-11H,12-14H2,1-2H3,(H,21,24)(H2,20,22,23);1H. The molecule has 6 heteroatoms. The zero-order valence-electron chi connectivity index (χ0n) is 14.6. The van der Waals surface area contributed by atoms with E-state index in [1.807, 2.05) is 36.4 Å². The maximum absolute atomic E-state index is 11.9. The van der Waals surface area contributed by atoms with Gasteiger partial charge in [-0.15, -0.1) is 24.0 Å². The third-order valence-electron chi connectivity index (χ3n) is 3.51. The first-order chi connectivity index (χ1) is 11.7. The zero-order chi connectivity index (χ0) is 17.2. The van der Waals surface area contributed by atoms with Gasteiger partial charge >= 0.3 is 0 Å². The molecule has 0 fully saturated rings. The third-order valence-corrected chi connectivity index (χ3v) is 3.51. The molecule has 0 aromatic heterocycles. The summed E-state index contributed by atoms with van der Waals surface area (Å²) in [5.41, 5.74) is 3.47. The maximum atomic E-state index is 11.9. The highest BCUT2D eigenvalue weighted by Crippen LogP contribution is 2.03. The first-order valence-corrected chi connectivity index (χ1v) is 7.98. The summed E-state index contributed by atoms with van der Waals surface area (Å²) < 4.78 is 0. The van der Waals surface area contributed by atoms with E-state index >= 15 is 0 Å². The van der Waals surface area contributed by atoms with Crippen LogP contribution in [0.1, 0.15) is 16.7 Å². The molecule has 25 heavy (non-hydrogen) atoms. The first kappa shape index (κ1) is 21.0. The molecule has 0 saturated heterocycles. The summed E-state index contributed by atoms with van der Waals surface area (Å²) in [7, 11) is 1.69. The summed E-state index contributed by atoms with van der Waals surface area (Å²) >= 11 is 0. The van der Waals surface area contributed by atoms with Gasteiger partial charge in [-0.3, -0.25) is 9.79 Å². The van der Waals surface area contributed by atoms with Crippen molar-refractivity contribution in [3.8, 4) is 0 Å². The van der Waals surface area contributed by atoms with Gasteiger partial charge in [-0.25, -0.2) is 0 Å². The molecule has 0 heterocycles. The molecule has 2 aromatic rings. The van der Waals surface area contributed by atoms with Crippen molar-refractivity contribution in [2.75, 3.05) is 13.6 Å². The van der Waals surface area contributed by atoms with Gasteiger partial charge in [0.1, 0.15) is 0 Å². The summed E-state index contributed by atoms with van der Waals surface area (Å²) in [6.45, 7) is 3.43. The first-order valence-electron chi connectivity index (χ1n) is 7.98. The molecule has 5 nitrogen and oxygen atoms in total. The van der Waals surface area contributed by atoms with E-state index in [2.05, 4.69) is 46.1 Å². The normalized spacial score (nSPS) is 10.6. The van der Waals surface area contributed by atoms with Crippen LogP contribution in [0.25, 0.3) is 0 Å². The fraction of sp³-hybridized carbons (Fsp3) is 0.263. The van der Waals surface area contributed by atoms with Crippen molar-refractivity contribution in [1.82, 2.24) is 16.0 Å². The molecule has 1 amide bonds. The number of aliphatic imine (C=N–C) groups is 1. The van der Waals surface area contributed by atoms with Crippen molar-refractivity contribution in [2.45, 2.75) is 20.0 Å². The second kappa shape index (κ2) is 11.5. The van der Waals surface area contributed by atoms with Crippen molar-refractivity contribution in [3.05, 3.63) is 71.3 Å². The van der Waals surface area contributed by atoms with Gasteiger partial charge in [-0.1, -0.05) is 60.2 Å². The van der Waals surface area contributed by atoms with Crippen LogP contribution in [0.3, 0.4) is 0 Å². The lowest BCUT2D eigenvalue weighted by Crippen LogP contribution is -2.42. The van der Waals surface area contributed by atoms with Crippen LogP contribution in [-0.2, 0) is 17.9 Å². The summed E-state index contributed by atoms with van der Waals surface area (Å²) in [5, 5.41) is 9.09. The second-order valence-corrected chi connectivity index (χ2v) is 5.53. The highest BCUT2D eigenvalue weighted by atomic mass is 127. The van der Waals surface area contributed by atoms with E-state index in [1.165, 1.54) is 11.1 Å². The number of guanidine groups is 1. The molecule has 0 unspecified atom stereocenters. The van der Waals surface area contributed by atoms with Gasteiger partial charge in [-0.2, -0.15) is 0 Å². The van der Waals surface area contributed by atoms with E-state index in [0.29, 0.717) is 19.0 Å². The monoisotopic (exact) mass is 452 g/mol. The van der Waals surface area contributed by atoms with E-state index in [0.717, 1.165) is 5.56 Å². The Kier molecular flexibility index (Phi) is 9.61. The molecule has 134 valence electrons. The minimum atomic E-state index is -0.0719. The van der Waals surface area contributed by atoms with Crippen LogP contribution in [0.4, 0.5) is 0 Å². The van der Waals surface area contributed by atoms with Gasteiger partial charge in [0.05, 0.1) is 6.54 Å². The quantitative estimate of drug-likeness (QED) is 0.359. The lowest BCUT2D eigenvalue weighted by Gasteiger charge is -2.12. The van der Waals surface area contributed by atoms with Gasteiger partial charge in [0, 0.05) is 20.1 Å². The molecule has 0 aliphatic carbocycles. The van der Waals surface area contributed by atoms with E-state index in [-0.39, 0.29) is 36.4 Å². The predicted molar refractivity (Wildman–Crippen MR) is 113 cm³/mol. The summed E-state index contributed by atoms with van der Waals surface area (Å²) in [5.74, 6) is 0.531. The summed E-state index contributed by atoms with van der Waals surface area (Å²) in [6.07, 6.45) is 0. The van der Waals surface area contributed by atoms with Crippen LogP contribution in [0.2, 0.25) is 0 Å². The molecule has 0 aliphatic rings. The Labute approximate surface area is 166 Å². The third kappa shape index (κ3) is 8.02. The second-order valence-electron chi connectivity index (χ2n) is 5.53. The molecular formula is C19H25IN4O. The molecule has 0 atom stereocenters. The highest BCUT2D eigenvalue weighted by molar-refractivity contribution is 14.0. The lowest BCUT2D eigenvalue weighted by molar-refractivity contribution is -0.120. The molecule has 0 spiro atoms. The highest BCUT2D eigenvalue weighted by Gasteiger charge is 2.04. The van der Waals surface area contributed by atoms with Crippen molar-refractivity contribution >= 4 is 35.8 Å². The number of aryl methyl sites for hydroxylation is 1. The van der Waals surface area contributed by atoms with Crippen LogP contribution < -0.4 is 16.0 Å². The minimum Gasteiger partial charge on any atom is -0.352 e. The van der Waals surface area contributed by atoms with Gasteiger partial charge in [-0.05, 0) is 18.1 Å². The number of nitrogens with zero attached hydrogens (tertiary/aromatic N) is 1. The Morgan fingerprint density at radius 3 is 2.28 bits per heavy atom. The minimum absolute atomic E-state index is 0. The Balaban J connectivity index is 0.00000312. The molecule has 0 radical (unpaired) electrons. The number of carbonyl (C=O) groups excluding carboxylic acids is 1. The number of halogens is 1. The SMILES string of the molecule is CN=C(NCC(=O)NCc1ccccc1)NCc1cccc(C)c1.I. The van der Waals surface area contributed by atoms with Crippen LogP contribution in [-0.4, -0.2) is 25.5 Å². The summed E-state index contributed by atoms with van der Waals surface area (Å²) in [6, 6.07) is 18.1. The maximum Gasteiger partial charge on any atom is 0.239 e. The Morgan fingerprint density at radius 1 is 0.920 bits per heavy atom. The summed E-state index contributed by atoms with van der Waals surface area (Å²) in [4.78, 5) is 16.0. The van der Waals surface area contributed by atoms with Gasteiger partial charge < -0.3 is 16.0 Å². The van der Waals surface area contributed by atoms with E-state index in [4.69, 9.17) is 0 Å². The number of hydrogen-bond donors (Lipinski definition) is 3. The van der Waals surface area contributed by atoms with E-state index in [1.54, 1.807) is 7.05 Å². The lowest BCUT2D eigenvalue weighted by atomic mass is 10.1. The van der Waals surface area contributed by atoms with Crippen molar-refractivity contribution in [1.29, 1.82) is 0 Å². The fourth-order valence-corrected chi connectivity index (χ4v) is 2.25. The smallest absolute Gasteiger partial charge is 0.239 e. The Bertz CT molecular complexity index is 689. The van der Waals surface area contributed by atoms with Crippen LogP contribution in [0, 0.1) is 6.92 Å². The zero-order valence-corrected chi connectivity index (χ0v) is 16.9. The number of rotatable bonds is 6. The van der Waals surface area contributed by atoms with Crippen LogP contribution in [0.15, 0.2) is 59.6 Å². The van der Waals surface area contributed by atoms with E-state index in [9.17, 15) is 4.79 Å². The molecule has 2 aromatic carbocycles. The fourth-order valence-electron chi connectivity index (χ4n) is 2.25. The van der Waals surface area contributed by atoms with Gasteiger partial charge in [0.25, 0.3) is 0 Å². The van der Waals surface area contributed by atoms with Crippen LogP contribution in [0.5, 0.6) is 0 Å². The Morgan fingerprint density at radius 2 is 1.60 bits per heavy atom. The number of hydrogen-bond acceptors (Lipinski definition) is 2. The van der Waals surface area contributed by atoms with E-state index < -0.39 is 0 Å². The number of amides is 1. The molecule has 0 saturated carbocycles. The van der Waals surface area contributed by atoms with Crippen molar-refractivity contribution in [2.24, 2.45) is 4.99 Å². The van der Waals surface area contributed by atoms with Gasteiger partial charge in [0.2, 0.25) is 5.91 Å². The Hall–Kier alpha value is -2.09. The molecular weight excluding hydrogens is 427 g/mol. The number of carbonyl (C=O) groups is 1. The van der Waals surface area contributed by atoms with Crippen molar-refractivity contribution < 1.29 is 4.79 Å². The average molecular weight is 452 g/mol. The number of benzene rings is 2. The molecule has 2 rings (SSSR count). The topological polar surface area (TPSA) is 65.5 Å². The van der Waals surface area contributed by atoms with Crippen LogP contribution >= 0.6 is 24.0 Å². The molecule has 3 N–H and O–H groups in total. The predicted octanol–water partition coefficient (Wildman–Crippen LogP) is 2.59. The largest absolute Gasteiger partial charge is 0.352 e. The number of nitrogens with one attached hydrogen (secondary N) is 3. The van der Waals surface area contributed by atoms with Gasteiger partial charge in [0.15, 0.2) is 5.96 Å². The molecule has 0 aliphatic heterocycles. The average Bonchev–Trinajstić information content (AvgIpc) is 2.61. The molecule has 0 bridgehead atoms. The van der Waals surface area contributed by atoms with Crippen molar-refractivity contribution in [3.63, 3.8) is 0 Å².